The predicted octanol–water partition coefficient (Wildman–Crippen LogP) is 14.9. The van der Waals surface area contributed by atoms with Gasteiger partial charge < -0.3 is 44.2 Å². The molecule has 77 heavy (non-hydrogen) atoms. The first kappa shape index (κ1) is 61.9. The molecular weight excluding hydrogens is 974 g/mol. The van der Waals surface area contributed by atoms with Gasteiger partial charge in [0.25, 0.3) is 0 Å². The Morgan fingerprint density at radius 2 is 1.47 bits per heavy atom. The molecule has 2 fully saturated rings. The van der Waals surface area contributed by atoms with Crippen molar-refractivity contribution in [1.29, 1.82) is 0 Å². The molecule has 0 bridgehead atoms. The highest BCUT2D eigenvalue weighted by molar-refractivity contribution is 6.03. The van der Waals surface area contributed by atoms with Crippen LogP contribution in [0, 0.1) is 23.6 Å². The van der Waals surface area contributed by atoms with Crippen molar-refractivity contribution in [3.8, 4) is 11.5 Å². The SMILES string of the molecule is C=CCOC12Oc3ccc(OC(=O)NCCCCCCCCCCCC)cc3C3C(CCCCO)C(CCCCO)C=C(C(=NOC4CCCCO4)CC1N(Cc1ccc(F)cc1)C(=O)CCCCCCCCCCC)C32. The average Bonchev–Trinajstić information content (AvgIpc) is 3.62. The van der Waals surface area contributed by atoms with Crippen LogP contribution in [0.5, 0.6) is 11.5 Å². The van der Waals surface area contributed by atoms with Crippen LogP contribution in [0.1, 0.15) is 224 Å². The van der Waals surface area contributed by atoms with Crippen molar-refractivity contribution in [1.82, 2.24) is 10.2 Å². The number of oxime groups is 1. The number of nitrogens with one attached hydrogen (secondary N) is 1. The molecule has 0 spiro atoms. The van der Waals surface area contributed by atoms with E-state index in [0.717, 1.165) is 100 Å². The molecule has 4 aliphatic rings. The third kappa shape index (κ3) is 18.9. The van der Waals surface area contributed by atoms with E-state index in [9.17, 15) is 19.4 Å². The maximum atomic E-state index is 15.3. The summed E-state index contributed by atoms with van der Waals surface area (Å²) in [5, 5.41) is 28.2. The van der Waals surface area contributed by atoms with Crippen molar-refractivity contribution >= 4 is 17.7 Å². The lowest BCUT2D eigenvalue weighted by Crippen LogP contribution is -2.70. The Labute approximate surface area is 462 Å². The van der Waals surface area contributed by atoms with Crippen LogP contribution in [0.4, 0.5) is 9.18 Å². The number of carbonyl (C=O) groups excluding carboxylic acids is 2. The van der Waals surface area contributed by atoms with Crippen LogP contribution in [0.2, 0.25) is 0 Å². The van der Waals surface area contributed by atoms with Crippen LogP contribution in [0.3, 0.4) is 0 Å². The molecule has 1 saturated heterocycles. The number of carbonyl (C=O) groups is 2. The highest BCUT2D eigenvalue weighted by atomic mass is 19.1. The Morgan fingerprint density at radius 3 is 2.10 bits per heavy atom. The van der Waals surface area contributed by atoms with Gasteiger partial charge in [-0.05, 0) is 105 Å². The number of halogens is 1. The van der Waals surface area contributed by atoms with Gasteiger partial charge in [-0.2, -0.15) is 0 Å². The van der Waals surface area contributed by atoms with E-state index in [1.807, 2.05) is 17.0 Å². The molecule has 13 heteroatoms. The quantitative estimate of drug-likeness (QED) is 0.0339. The molecule has 7 unspecified atom stereocenters. The Kier molecular flexibility index (Phi) is 27.9. The molecule has 7 atom stereocenters. The molecular formula is C64H98FN3O9. The third-order valence-electron chi connectivity index (χ3n) is 16.5. The van der Waals surface area contributed by atoms with Crippen LogP contribution >= 0.6 is 0 Å². The number of nitrogens with zero attached hydrogens (tertiary/aromatic N) is 2. The Morgan fingerprint density at radius 1 is 0.818 bits per heavy atom. The summed E-state index contributed by atoms with van der Waals surface area (Å²) >= 11 is 0. The second kappa shape index (κ2) is 34.7. The van der Waals surface area contributed by atoms with Crippen molar-refractivity contribution in [3.63, 3.8) is 0 Å². The van der Waals surface area contributed by atoms with E-state index in [-0.39, 0.29) is 62.3 Å². The first-order valence-corrected chi connectivity index (χ1v) is 30.6. The van der Waals surface area contributed by atoms with Crippen molar-refractivity contribution < 1.29 is 48.0 Å². The zero-order valence-corrected chi connectivity index (χ0v) is 47.3. The van der Waals surface area contributed by atoms with Gasteiger partial charge in [-0.15, -0.1) is 6.58 Å². The van der Waals surface area contributed by atoms with Crippen molar-refractivity contribution in [3.05, 3.63) is 83.7 Å². The minimum atomic E-state index is -1.48. The highest BCUT2D eigenvalue weighted by Gasteiger charge is 2.65. The fourth-order valence-corrected chi connectivity index (χ4v) is 12.5. The largest absolute Gasteiger partial charge is 0.459 e. The van der Waals surface area contributed by atoms with Gasteiger partial charge >= 0.3 is 6.09 Å². The minimum Gasteiger partial charge on any atom is -0.459 e. The lowest BCUT2D eigenvalue weighted by molar-refractivity contribution is -0.258. The Hall–Kier alpha value is -4.30. The molecule has 430 valence electrons. The number of rotatable bonds is 38. The summed E-state index contributed by atoms with van der Waals surface area (Å²) < 4.78 is 41.5. The summed E-state index contributed by atoms with van der Waals surface area (Å²) in [6.45, 7) is 10.1. The predicted molar refractivity (Wildman–Crippen MR) is 304 cm³/mol. The molecule has 2 heterocycles. The van der Waals surface area contributed by atoms with Crippen molar-refractivity contribution in [2.45, 2.75) is 237 Å². The summed E-state index contributed by atoms with van der Waals surface area (Å²) in [4.78, 5) is 37.1. The van der Waals surface area contributed by atoms with Crippen LogP contribution in [-0.4, -0.2) is 83.9 Å². The molecule has 2 aromatic rings. The average molecular weight is 1070 g/mol. The number of aliphatic hydroxyl groups excluding tert-OH is 2. The zero-order chi connectivity index (χ0) is 54.5. The summed E-state index contributed by atoms with van der Waals surface area (Å²) in [7, 11) is 0. The van der Waals surface area contributed by atoms with Crippen LogP contribution in [0.25, 0.3) is 0 Å². The number of hydrogen-bond donors (Lipinski definition) is 3. The van der Waals surface area contributed by atoms with E-state index in [4.69, 9.17) is 28.9 Å². The van der Waals surface area contributed by atoms with E-state index >= 15 is 4.79 Å². The van der Waals surface area contributed by atoms with Crippen molar-refractivity contribution in [2.24, 2.45) is 22.9 Å². The van der Waals surface area contributed by atoms with Gasteiger partial charge in [0, 0.05) is 57.0 Å². The number of hydrogen-bond acceptors (Lipinski definition) is 10. The molecule has 2 aliphatic carbocycles. The number of aliphatic hydroxyl groups is 2. The number of fused-ring (bicyclic) bond motifs is 2. The van der Waals surface area contributed by atoms with E-state index in [2.05, 4.69) is 31.8 Å². The van der Waals surface area contributed by atoms with Crippen LogP contribution in [0.15, 0.2) is 71.9 Å². The molecule has 6 rings (SSSR count). The standard InChI is InChI=1S/C64H98FN3O9/c1-4-7-9-11-13-15-17-19-21-26-40-66-63(72)75-52-38-39-57-55(46-52)61-53(31-24-28-42-70)50(30-23-27-41-69)45-54-56(67-77-60-33-25-29-44-73-60)47-58(64(76-57,62(54)61)74-43-6-3)68(48-49-34-36-51(65)37-35-49)59(71)32-22-20-18-16-14-12-10-8-5-2/h6,34-39,45-46,50,53,58,60-62,69-70H,3-5,7-33,40-44,47-48H2,1-2H3,(H,66,72). The molecule has 2 amide bonds. The monoisotopic (exact) mass is 1070 g/mol. The summed E-state index contributed by atoms with van der Waals surface area (Å²) in [5.41, 5.74) is 3.23. The van der Waals surface area contributed by atoms with Gasteiger partial charge in [-0.1, -0.05) is 165 Å². The fourth-order valence-electron chi connectivity index (χ4n) is 12.5. The van der Waals surface area contributed by atoms with E-state index in [1.54, 1.807) is 24.3 Å². The van der Waals surface area contributed by atoms with Gasteiger partial charge in [0.05, 0.1) is 24.8 Å². The van der Waals surface area contributed by atoms with Gasteiger partial charge in [0.15, 0.2) is 0 Å². The molecule has 3 N–H and O–H groups in total. The second-order valence-corrected chi connectivity index (χ2v) is 22.4. The topological polar surface area (TPSA) is 148 Å². The second-order valence-electron chi connectivity index (χ2n) is 22.4. The number of allylic oxidation sites excluding steroid dienone is 1. The number of amides is 2. The lowest BCUT2D eigenvalue weighted by atomic mass is 9.55. The smallest absolute Gasteiger partial charge is 0.412 e. The van der Waals surface area contributed by atoms with Crippen molar-refractivity contribution in [2.75, 3.05) is 33.0 Å². The van der Waals surface area contributed by atoms with Crippen LogP contribution < -0.4 is 14.8 Å². The minimum absolute atomic E-state index is 0.0183. The third-order valence-corrected chi connectivity index (χ3v) is 16.5. The maximum absolute atomic E-state index is 15.3. The van der Waals surface area contributed by atoms with E-state index in [0.29, 0.717) is 56.0 Å². The lowest BCUT2D eigenvalue weighted by Gasteiger charge is -2.60. The van der Waals surface area contributed by atoms with E-state index in [1.165, 1.54) is 89.2 Å². The summed E-state index contributed by atoms with van der Waals surface area (Å²) in [6.07, 6.45) is 32.7. The Balaban J connectivity index is 1.39. The first-order chi connectivity index (χ1) is 37.8. The molecule has 2 aliphatic heterocycles. The fraction of sp³-hybridized carbons (Fsp3) is 0.703. The zero-order valence-electron chi connectivity index (χ0n) is 47.3. The van der Waals surface area contributed by atoms with Gasteiger partial charge in [-0.25, -0.2) is 9.18 Å². The Bertz CT molecular complexity index is 2090. The van der Waals surface area contributed by atoms with Gasteiger partial charge in [0.1, 0.15) is 23.4 Å². The normalized spacial score (nSPS) is 23.1. The number of unbranched alkanes of at least 4 members (excludes halogenated alkanes) is 19. The molecule has 0 radical (unpaired) electrons. The highest BCUT2D eigenvalue weighted by Crippen LogP contribution is 2.62. The molecule has 12 nitrogen and oxygen atoms in total. The van der Waals surface area contributed by atoms with Gasteiger partial charge in [-0.3, -0.25) is 4.79 Å². The molecule has 1 saturated carbocycles. The van der Waals surface area contributed by atoms with E-state index < -0.39 is 30.1 Å². The van der Waals surface area contributed by atoms with Gasteiger partial charge in [0.2, 0.25) is 18.0 Å². The van der Waals surface area contributed by atoms with Crippen LogP contribution in [-0.2, 0) is 25.7 Å². The summed E-state index contributed by atoms with van der Waals surface area (Å²) in [6, 6.07) is 11.2. The summed E-state index contributed by atoms with van der Waals surface area (Å²) in [5.74, 6) is -1.78. The number of benzene rings is 2. The maximum Gasteiger partial charge on any atom is 0.412 e. The molecule has 0 aromatic heterocycles. The molecule has 2 aromatic carbocycles. The first-order valence-electron chi connectivity index (χ1n) is 30.6. The number of ether oxygens (including phenoxy) is 4.